The lowest BCUT2D eigenvalue weighted by Gasteiger charge is -2.38. The zero-order chi connectivity index (χ0) is 14.0. The highest BCUT2D eigenvalue weighted by Crippen LogP contribution is 2.32. The van der Waals surface area contributed by atoms with Gasteiger partial charge in [0.15, 0.2) is 0 Å². The first-order valence-electron chi connectivity index (χ1n) is 7.36. The van der Waals surface area contributed by atoms with Gasteiger partial charge in [0.2, 0.25) is 0 Å². The molecule has 0 radical (unpaired) electrons. The Bertz CT molecular complexity index is 385. The Kier molecular flexibility index (Phi) is 4.87. The van der Waals surface area contributed by atoms with Crippen molar-refractivity contribution in [2.24, 2.45) is 5.92 Å². The van der Waals surface area contributed by atoms with Crippen molar-refractivity contribution in [1.82, 2.24) is 8.61 Å². The van der Waals surface area contributed by atoms with Crippen molar-refractivity contribution >= 4 is 10.2 Å². The summed E-state index contributed by atoms with van der Waals surface area (Å²) in [5.74, 6) is 0.537. The first-order chi connectivity index (χ1) is 8.96. The number of hydrogen-bond acceptors (Lipinski definition) is 3. The Labute approximate surface area is 116 Å². The molecule has 0 aromatic heterocycles. The van der Waals surface area contributed by atoms with Gasteiger partial charge >= 0.3 is 0 Å². The van der Waals surface area contributed by atoms with E-state index in [4.69, 9.17) is 0 Å². The van der Waals surface area contributed by atoms with Gasteiger partial charge in [0, 0.05) is 25.2 Å². The van der Waals surface area contributed by atoms with Gasteiger partial charge in [-0.1, -0.05) is 6.42 Å². The predicted octanol–water partition coefficient (Wildman–Crippen LogP) is 1.20. The lowest BCUT2D eigenvalue weighted by Crippen LogP contribution is -2.54. The molecule has 112 valence electrons. The van der Waals surface area contributed by atoms with Crippen LogP contribution >= 0.6 is 0 Å². The van der Waals surface area contributed by atoms with Gasteiger partial charge in [0.25, 0.3) is 10.2 Å². The highest BCUT2D eigenvalue weighted by molar-refractivity contribution is 7.86. The van der Waals surface area contributed by atoms with E-state index in [-0.39, 0.29) is 18.7 Å². The maximum Gasteiger partial charge on any atom is 0.282 e. The van der Waals surface area contributed by atoms with Crippen molar-refractivity contribution in [3.05, 3.63) is 0 Å². The molecule has 1 N–H and O–H groups in total. The SMILES string of the molecule is CC(C)N(CC1CC1)S(=O)(=O)N1CCCCC1CO. The molecule has 0 aromatic carbocycles. The first-order valence-corrected chi connectivity index (χ1v) is 8.76. The van der Waals surface area contributed by atoms with Gasteiger partial charge in [-0.05, 0) is 45.4 Å². The summed E-state index contributed by atoms with van der Waals surface area (Å²) >= 11 is 0. The van der Waals surface area contributed by atoms with Crippen molar-refractivity contribution in [1.29, 1.82) is 0 Å². The average Bonchev–Trinajstić information content (AvgIpc) is 3.19. The molecule has 0 amide bonds. The summed E-state index contributed by atoms with van der Waals surface area (Å²) in [7, 11) is -3.43. The lowest BCUT2D eigenvalue weighted by molar-refractivity contribution is 0.145. The minimum absolute atomic E-state index is 0.0214. The van der Waals surface area contributed by atoms with Crippen molar-refractivity contribution < 1.29 is 13.5 Å². The van der Waals surface area contributed by atoms with Crippen LogP contribution in [-0.2, 0) is 10.2 Å². The molecule has 19 heavy (non-hydrogen) atoms. The van der Waals surface area contributed by atoms with Crippen LogP contribution in [0.1, 0.15) is 46.0 Å². The molecule has 0 bridgehead atoms. The van der Waals surface area contributed by atoms with E-state index >= 15 is 0 Å². The summed E-state index contributed by atoms with van der Waals surface area (Å²) in [4.78, 5) is 0. The zero-order valence-electron chi connectivity index (χ0n) is 12.0. The molecule has 2 aliphatic rings. The fraction of sp³-hybridized carbons (Fsp3) is 1.00. The van der Waals surface area contributed by atoms with E-state index in [1.807, 2.05) is 13.8 Å². The Balaban J connectivity index is 2.16. The summed E-state index contributed by atoms with van der Waals surface area (Å²) in [6, 6.07) is -0.258. The van der Waals surface area contributed by atoms with Crippen LogP contribution in [0, 0.1) is 5.92 Å². The zero-order valence-corrected chi connectivity index (χ0v) is 12.8. The molecule has 5 nitrogen and oxygen atoms in total. The maximum atomic E-state index is 12.8. The number of rotatable bonds is 6. The summed E-state index contributed by atoms with van der Waals surface area (Å²) in [5, 5.41) is 9.41. The van der Waals surface area contributed by atoms with E-state index in [1.54, 1.807) is 4.31 Å². The quantitative estimate of drug-likeness (QED) is 0.799. The van der Waals surface area contributed by atoms with Gasteiger partial charge in [-0.3, -0.25) is 0 Å². The number of hydrogen-bond donors (Lipinski definition) is 1. The van der Waals surface area contributed by atoms with Crippen LogP contribution in [-0.4, -0.2) is 53.9 Å². The maximum absolute atomic E-state index is 12.8. The summed E-state index contributed by atoms with van der Waals surface area (Å²) in [6.07, 6.45) is 4.95. The van der Waals surface area contributed by atoms with E-state index in [9.17, 15) is 13.5 Å². The lowest BCUT2D eigenvalue weighted by atomic mass is 10.1. The summed E-state index contributed by atoms with van der Waals surface area (Å²) in [6.45, 7) is 4.96. The molecule has 1 aliphatic carbocycles. The molecule has 1 aliphatic heterocycles. The monoisotopic (exact) mass is 290 g/mol. The van der Waals surface area contributed by atoms with Gasteiger partial charge in [0.1, 0.15) is 0 Å². The van der Waals surface area contributed by atoms with E-state index in [1.165, 1.54) is 4.31 Å². The third kappa shape index (κ3) is 3.48. The highest BCUT2D eigenvalue weighted by Gasteiger charge is 2.39. The Hall–Kier alpha value is -0.170. The van der Waals surface area contributed by atoms with Crippen molar-refractivity contribution in [2.75, 3.05) is 19.7 Å². The molecule has 2 rings (SSSR count). The number of aliphatic hydroxyl groups is 1. The standard InChI is InChI=1S/C13H26N2O3S/c1-11(2)15(9-12-6-7-12)19(17,18)14-8-4-3-5-13(14)10-16/h11-13,16H,3-10H2,1-2H3. The van der Waals surface area contributed by atoms with Crippen molar-refractivity contribution in [3.8, 4) is 0 Å². The fourth-order valence-electron chi connectivity index (χ4n) is 2.72. The Morgan fingerprint density at radius 1 is 1.26 bits per heavy atom. The summed E-state index contributed by atoms with van der Waals surface area (Å²) in [5.41, 5.74) is 0. The molecule has 6 heteroatoms. The predicted molar refractivity (Wildman–Crippen MR) is 74.9 cm³/mol. The normalized spacial score (nSPS) is 26.3. The number of aliphatic hydroxyl groups excluding tert-OH is 1. The van der Waals surface area contributed by atoms with Crippen LogP contribution in [0.4, 0.5) is 0 Å². The molecule has 1 unspecified atom stereocenters. The fourth-order valence-corrected chi connectivity index (χ4v) is 4.83. The highest BCUT2D eigenvalue weighted by atomic mass is 32.2. The van der Waals surface area contributed by atoms with Gasteiger partial charge in [-0.15, -0.1) is 0 Å². The molecule has 2 fully saturated rings. The topological polar surface area (TPSA) is 60.9 Å². The number of nitrogens with zero attached hydrogens (tertiary/aromatic N) is 2. The minimum atomic E-state index is -3.43. The molecule has 0 aromatic rings. The average molecular weight is 290 g/mol. The van der Waals surface area contributed by atoms with E-state index in [0.29, 0.717) is 19.0 Å². The summed E-state index contributed by atoms with van der Waals surface area (Å²) < 4.78 is 28.8. The molecular formula is C13H26N2O3S. The van der Waals surface area contributed by atoms with Gasteiger partial charge in [-0.2, -0.15) is 17.0 Å². The van der Waals surface area contributed by atoms with Gasteiger partial charge in [0.05, 0.1) is 6.61 Å². The second kappa shape index (κ2) is 6.08. The van der Waals surface area contributed by atoms with Crippen LogP contribution in [0.15, 0.2) is 0 Å². The third-order valence-electron chi connectivity index (χ3n) is 4.09. The molecule has 1 heterocycles. The molecule has 1 atom stereocenters. The van der Waals surface area contributed by atoms with E-state index < -0.39 is 10.2 Å². The smallest absolute Gasteiger partial charge is 0.282 e. The number of piperidine rings is 1. The van der Waals surface area contributed by atoms with E-state index in [2.05, 4.69) is 0 Å². The van der Waals surface area contributed by atoms with Gasteiger partial charge < -0.3 is 5.11 Å². The van der Waals surface area contributed by atoms with Crippen LogP contribution in [0.3, 0.4) is 0 Å². The Morgan fingerprint density at radius 2 is 1.95 bits per heavy atom. The first kappa shape index (κ1) is 15.2. The van der Waals surface area contributed by atoms with Crippen molar-refractivity contribution in [2.45, 2.75) is 58.0 Å². The van der Waals surface area contributed by atoms with E-state index in [0.717, 1.165) is 32.1 Å². The second-order valence-corrected chi connectivity index (χ2v) is 7.89. The third-order valence-corrected chi connectivity index (χ3v) is 6.32. The molecule has 0 spiro atoms. The largest absolute Gasteiger partial charge is 0.395 e. The van der Waals surface area contributed by atoms with Crippen LogP contribution < -0.4 is 0 Å². The molecule has 1 saturated heterocycles. The second-order valence-electron chi connectivity index (χ2n) is 6.06. The van der Waals surface area contributed by atoms with Gasteiger partial charge in [-0.25, -0.2) is 0 Å². The molecular weight excluding hydrogens is 264 g/mol. The van der Waals surface area contributed by atoms with Crippen molar-refractivity contribution in [3.63, 3.8) is 0 Å². The Morgan fingerprint density at radius 3 is 2.47 bits per heavy atom. The minimum Gasteiger partial charge on any atom is -0.395 e. The van der Waals surface area contributed by atoms with Crippen LogP contribution in [0.25, 0.3) is 0 Å². The molecule has 1 saturated carbocycles. The van der Waals surface area contributed by atoms with Crippen LogP contribution in [0.5, 0.6) is 0 Å². The van der Waals surface area contributed by atoms with Crippen LogP contribution in [0.2, 0.25) is 0 Å².